The van der Waals surface area contributed by atoms with Crippen molar-refractivity contribution in [2.45, 2.75) is 13.3 Å². The number of hydrogen-bond donors (Lipinski definition) is 2. The normalized spacial score (nSPS) is 10.1. The number of anilines is 2. The Kier molecular flexibility index (Phi) is 6.27. The Morgan fingerprint density at radius 3 is 2.55 bits per heavy atom. The van der Waals surface area contributed by atoms with Gasteiger partial charge < -0.3 is 15.4 Å². The van der Waals surface area contributed by atoms with Crippen molar-refractivity contribution in [1.29, 1.82) is 0 Å². The minimum absolute atomic E-state index is 0.0228. The second kappa shape index (κ2) is 8.44. The fraction of sp³-hybridized carbons (Fsp3) is 0.235. The quantitative estimate of drug-likeness (QED) is 0.772. The van der Waals surface area contributed by atoms with Crippen LogP contribution in [0.3, 0.4) is 0 Å². The minimum atomic E-state index is -0.0228. The van der Waals surface area contributed by atoms with Gasteiger partial charge in [-0.1, -0.05) is 12.1 Å². The van der Waals surface area contributed by atoms with E-state index in [1.807, 2.05) is 55.5 Å². The van der Waals surface area contributed by atoms with Gasteiger partial charge in [-0.05, 0) is 59.3 Å². The second-order valence-corrected chi connectivity index (χ2v) is 5.52. The first-order chi connectivity index (χ1) is 10.7. The van der Waals surface area contributed by atoms with Gasteiger partial charge in [0, 0.05) is 23.1 Å². The van der Waals surface area contributed by atoms with Crippen molar-refractivity contribution < 1.29 is 9.53 Å². The van der Waals surface area contributed by atoms with Crippen LogP contribution in [0.4, 0.5) is 11.4 Å². The molecule has 1 amide bonds. The standard InChI is InChI=1S/C17H19BrN2O2/c1-2-22-14-9-7-13(8-10-14)19-12-11-17(21)20-16-6-4-3-5-15(16)18/h3-10,19H,2,11-12H2,1H3,(H,20,21). The number of halogens is 1. The molecule has 22 heavy (non-hydrogen) atoms. The van der Waals surface area contributed by atoms with Crippen molar-refractivity contribution in [3.8, 4) is 5.75 Å². The third kappa shape index (κ3) is 5.07. The van der Waals surface area contributed by atoms with E-state index in [0.29, 0.717) is 19.6 Å². The van der Waals surface area contributed by atoms with Gasteiger partial charge in [0.25, 0.3) is 0 Å². The summed E-state index contributed by atoms with van der Waals surface area (Å²) in [5, 5.41) is 6.09. The highest BCUT2D eigenvalue weighted by molar-refractivity contribution is 9.10. The maximum absolute atomic E-state index is 11.9. The Hall–Kier alpha value is -2.01. The van der Waals surface area contributed by atoms with Crippen LogP contribution in [0.2, 0.25) is 0 Å². The third-order valence-electron chi connectivity index (χ3n) is 2.99. The van der Waals surface area contributed by atoms with Crippen LogP contribution in [0.25, 0.3) is 0 Å². The highest BCUT2D eigenvalue weighted by Crippen LogP contribution is 2.21. The van der Waals surface area contributed by atoms with Crippen LogP contribution in [-0.2, 0) is 4.79 Å². The maximum Gasteiger partial charge on any atom is 0.226 e. The van der Waals surface area contributed by atoms with Crippen molar-refractivity contribution >= 4 is 33.2 Å². The summed E-state index contributed by atoms with van der Waals surface area (Å²) in [5.74, 6) is 0.824. The molecule has 0 saturated carbocycles. The van der Waals surface area contributed by atoms with Crippen LogP contribution in [-0.4, -0.2) is 19.1 Å². The van der Waals surface area contributed by atoms with Gasteiger partial charge in [-0.25, -0.2) is 0 Å². The molecule has 0 aliphatic carbocycles. The molecule has 0 aromatic heterocycles. The molecule has 0 saturated heterocycles. The molecule has 0 radical (unpaired) electrons. The van der Waals surface area contributed by atoms with E-state index < -0.39 is 0 Å². The van der Waals surface area contributed by atoms with Crippen LogP contribution in [0.1, 0.15) is 13.3 Å². The zero-order valence-electron chi connectivity index (χ0n) is 12.4. The van der Waals surface area contributed by atoms with Crippen molar-refractivity contribution in [3.05, 3.63) is 53.0 Å². The zero-order valence-corrected chi connectivity index (χ0v) is 14.0. The van der Waals surface area contributed by atoms with Gasteiger partial charge in [0.15, 0.2) is 0 Å². The van der Waals surface area contributed by atoms with Crippen LogP contribution < -0.4 is 15.4 Å². The Bertz CT molecular complexity index is 614. The first-order valence-electron chi connectivity index (χ1n) is 7.20. The summed E-state index contributed by atoms with van der Waals surface area (Å²) in [6.45, 7) is 3.18. The number of hydrogen-bond acceptors (Lipinski definition) is 3. The molecule has 4 nitrogen and oxygen atoms in total. The summed E-state index contributed by atoms with van der Waals surface area (Å²) in [6, 6.07) is 15.3. The molecule has 0 aliphatic heterocycles. The molecule has 0 bridgehead atoms. The first-order valence-corrected chi connectivity index (χ1v) is 7.99. The van der Waals surface area contributed by atoms with E-state index >= 15 is 0 Å². The topological polar surface area (TPSA) is 50.4 Å². The monoisotopic (exact) mass is 362 g/mol. The minimum Gasteiger partial charge on any atom is -0.494 e. The number of ether oxygens (including phenoxy) is 1. The van der Waals surface area contributed by atoms with Gasteiger partial charge in [0.2, 0.25) is 5.91 Å². The van der Waals surface area contributed by atoms with E-state index in [2.05, 4.69) is 26.6 Å². The van der Waals surface area contributed by atoms with Crippen molar-refractivity contribution in [3.63, 3.8) is 0 Å². The average molecular weight is 363 g/mol. The molecule has 116 valence electrons. The lowest BCUT2D eigenvalue weighted by Gasteiger charge is -2.09. The summed E-state index contributed by atoms with van der Waals surface area (Å²) in [6.07, 6.45) is 0.397. The van der Waals surface area contributed by atoms with E-state index in [-0.39, 0.29) is 5.91 Å². The predicted octanol–water partition coefficient (Wildman–Crippen LogP) is 4.29. The van der Waals surface area contributed by atoms with Crippen LogP contribution in [0.15, 0.2) is 53.0 Å². The summed E-state index contributed by atoms with van der Waals surface area (Å²) in [4.78, 5) is 11.9. The molecule has 0 heterocycles. The van der Waals surface area contributed by atoms with Gasteiger partial charge in [-0.3, -0.25) is 4.79 Å². The molecule has 2 aromatic rings. The van der Waals surface area contributed by atoms with Crippen molar-refractivity contribution in [1.82, 2.24) is 0 Å². The number of para-hydroxylation sites is 1. The van der Waals surface area contributed by atoms with E-state index in [4.69, 9.17) is 4.74 Å². The number of carbonyl (C=O) groups excluding carboxylic acids is 1. The number of carbonyl (C=O) groups is 1. The SMILES string of the molecule is CCOc1ccc(NCCC(=O)Nc2ccccc2Br)cc1. The summed E-state index contributed by atoms with van der Waals surface area (Å²) < 4.78 is 6.26. The van der Waals surface area contributed by atoms with Crippen LogP contribution >= 0.6 is 15.9 Å². The van der Waals surface area contributed by atoms with E-state index in [0.717, 1.165) is 21.6 Å². The molecule has 5 heteroatoms. The van der Waals surface area contributed by atoms with Crippen LogP contribution in [0.5, 0.6) is 5.75 Å². The second-order valence-electron chi connectivity index (χ2n) is 4.66. The number of amides is 1. The van der Waals surface area contributed by atoms with Crippen molar-refractivity contribution in [2.24, 2.45) is 0 Å². The zero-order chi connectivity index (χ0) is 15.8. The highest BCUT2D eigenvalue weighted by atomic mass is 79.9. The molecule has 0 spiro atoms. The highest BCUT2D eigenvalue weighted by Gasteiger charge is 2.04. The fourth-order valence-corrected chi connectivity index (χ4v) is 2.32. The molecular weight excluding hydrogens is 344 g/mol. The predicted molar refractivity (Wildman–Crippen MR) is 93.5 cm³/mol. The molecule has 0 atom stereocenters. The molecule has 0 aliphatic rings. The summed E-state index contributed by atoms with van der Waals surface area (Å²) in [7, 11) is 0. The lowest BCUT2D eigenvalue weighted by atomic mass is 10.3. The van der Waals surface area contributed by atoms with Crippen LogP contribution in [0, 0.1) is 0 Å². The van der Waals surface area contributed by atoms with Gasteiger partial charge in [0.1, 0.15) is 5.75 Å². The number of nitrogens with one attached hydrogen (secondary N) is 2. The largest absolute Gasteiger partial charge is 0.494 e. The van der Waals surface area contributed by atoms with E-state index in [9.17, 15) is 4.79 Å². The molecule has 2 N–H and O–H groups in total. The summed E-state index contributed by atoms with van der Waals surface area (Å²) >= 11 is 3.41. The van der Waals surface area contributed by atoms with Gasteiger partial charge >= 0.3 is 0 Å². The number of benzene rings is 2. The molecule has 0 unspecified atom stereocenters. The van der Waals surface area contributed by atoms with E-state index in [1.165, 1.54) is 0 Å². The third-order valence-corrected chi connectivity index (χ3v) is 3.69. The first kappa shape index (κ1) is 16.4. The van der Waals surface area contributed by atoms with Gasteiger partial charge in [0.05, 0.1) is 12.3 Å². The lowest BCUT2D eigenvalue weighted by Crippen LogP contribution is -2.16. The molecule has 0 fully saturated rings. The van der Waals surface area contributed by atoms with E-state index in [1.54, 1.807) is 0 Å². The molecule has 2 rings (SSSR count). The number of rotatable bonds is 7. The fourth-order valence-electron chi connectivity index (χ4n) is 1.93. The average Bonchev–Trinajstić information content (AvgIpc) is 2.52. The van der Waals surface area contributed by atoms with Gasteiger partial charge in [-0.15, -0.1) is 0 Å². The Labute approximate surface area is 139 Å². The van der Waals surface area contributed by atoms with Gasteiger partial charge in [-0.2, -0.15) is 0 Å². The molecule has 2 aromatic carbocycles. The molecular formula is C17H19BrN2O2. The summed E-state index contributed by atoms with van der Waals surface area (Å²) in [5.41, 5.74) is 1.76. The Morgan fingerprint density at radius 1 is 1.14 bits per heavy atom. The smallest absolute Gasteiger partial charge is 0.226 e. The Balaban J connectivity index is 1.76. The lowest BCUT2D eigenvalue weighted by molar-refractivity contribution is -0.115. The maximum atomic E-state index is 11.9. The Morgan fingerprint density at radius 2 is 1.86 bits per heavy atom. The van der Waals surface area contributed by atoms with Crippen molar-refractivity contribution in [2.75, 3.05) is 23.8 Å².